The number of fused-ring (bicyclic) bond motifs is 1. The fraction of sp³-hybridized carbons (Fsp3) is 0.0833. The molecule has 96 valence electrons. The van der Waals surface area contributed by atoms with E-state index in [1.54, 1.807) is 24.3 Å². The third-order valence-electron chi connectivity index (χ3n) is 2.71. The summed E-state index contributed by atoms with van der Waals surface area (Å²) in [5.74, 6) is 0.0179. The highest BCUT2D eigenvalue weighted by Crippen LogP contribution is 2.25. The Morgan fingerprint density at radius 2 is 2.05 bits per heavy atom. The largest absolute Gasteiger partial charge is 0.493 e. The van der Waals surface area contributed by atoms with Gasteiger partial charge in [0.2, 0.25) is 16.8 Å². The molecular weight excluding hydrogens is 264 g/mol. The summed E-state index contributed by atoms with van der Waals surface area (Å²) in [7, 11) is 0. The van der Waals surface area contributed by atoms with Crippen LogP contribution in [0.25, 0.3) is 16.9 Å². The molecule has 0 spiro atoms. The molecule has 3 aromatic rings. The van der Waals surface area contributed by atoms with E-state index >= 15 is 0 Å². The topological polar surface area (TPSA) is 83.3 Å². The third-order valence-corrected chi connectivity index (χ3v) is 3.25. The number of H-pyrrole nitrogens is 1. The number of aromatic amines is 1. The second-order valence-corrected chi connectivity index (χ2v) is 4.63. The smallest absolute Gasteiger partial charge is 0.264 e. The normalized spacial score (nSPS) is 11.0. The van der Waals surface area contributed by atoms with Gasteiger partial charge in [-0.05, 0) is 11.8 Å². The first-order chi connectivity index (χ1) is 9.20. The molecule has 0 fully saturated rings. The Kier molecular flexibility index (Phi) is 2.75. The third kappa shape index (κ3) is 1.88. The molecule has 0 saturated heterocycles. The second kappa shape index (κ2) is 4.43. The molecule has 0 aliphatic heterocycles. The number of rotatable bonds is 2. The Balaban J connectivity index is 2.34. The monoisotopic (exact) mass is 274 g/mol. The first-order valence-corrected chi connectivity index (χ1v) is 6.74. The SMILES string of the molecule is CSc1nc2[nH]c(=O)c(-c3ccccc3)c(O)n2n1. The van der Waals surface area contributed by atoms with Crippen molar-refractivity contribution in [3.63, 3.8) is 0 Å². The standard InChI is InChI=1S/C12H10N4O2S/c1-19-12-14-11-13-9(17)8(10(18)16(11)15-12)7-5-3-2-4-6-7/h2-6,18H,1H3,(H,13,14,15,17). The number of aromatic nitrogens is 4. The Morgan fingerprint density at radius 1 is 1.32 bits per heavy atom. The van der Waals surface area contributed by atoms with Crippen molar-refractivity contribution in [3.8, 4) is 17.0 Å². The average molecular weight is 274 g/mol. The average Bonchev–Trinajstić information content (AvgIpc) is 2.83. The van der Waals surface area contributed by atoms with Crippen molar-refractivity contribution in [2.45, 2.75) is 5.16 Å². The lowest BCUT2D eigenvalue weighted by molar-refractivity contribution is 0.435. The number of nitrogens with one attached hydrogen (secondary N) is 1. The lowest BCUT2D eigenvalue weighted by Crippen LogP contribution is -2.12. The van der Waals surface area contributed by atoms with Gasteiger partial charge in [-0.2, -0.15) is 9.50 Å². The summed E-state index contributed by atoms with van der Waals surface area (Å²) >= 11 is 1.33. The predicted molar refractivity (Wildman–Crippen MR) is 72.5 cm³/mol. The minimum absolute atomic E-state index is 0.186. The second-order valence-electron chi connectivity index (χ2n) is 3.85. The first-order valence-electron chi connectivity index (χ1n) is 5.52. The highest BCUT2D eigenvalue weighted by Gasteiger charge is 2.16. The maximum Gasteiger partial charge on any atom is 0.264 e. The molecule has 0 bridgehead atoms. The van der Waals surface area contributed by atoms with Crippen molar-refractivity contribution in [1.82, 2.24) is 19.6 Å². The van der Waals surface area contributed by atoms with Gasteiger partial charge in [0.25, 0.3) is 5.56 Å². The zero-order valence-corrected chi connectivity index (χ0v) is 10.8. The zero-order chi connectivity index (χ0) is 13.4. The summed E-state index contributed by atoms with van der Waals surface area (Å²) in [6.07, 6.45) is 1.82. The van der Waals surface area contributed by atoms with Crippen LogP contribution >= 0.6 is 11.8 Å². The van der Waals surface area contributed by atoms with E-state index in [0.717, 1.165) is 0 Å². The van der Waals surface area contributed by atoms with Crippen molar-refractivity contribution >= 4 is 17.5 Å². The van der Waals surface area contributed by atoms with Gasteiger partial charge in [0.05, 0.1) is 0 Å². The number of nitrogens with zero attached hydrogens (tertiary/aromatic N) is 3. The Hall–Kier alpha value is -2.28. The lowest BCUT2D eigenvalue weighted by Gasteiger charge is -2.04. The minimum Gasteiger partial charge on any atom is -0.493 e. The Bertz CT molecular complexity index is 795. The van der Waals surface area contributed by atoms with E-state index in [1.165, 1.54) is 16.3 Å². The predicted octanol–water partition coefficient (Wildman–Crippen LogP) is 1.51. The van der Waals surface area contributed by atoms with E-state index in [2.05, 4.69) is 15.1 Å². The number of thioether (sulfide) groups is 1. The molecule has 0 amide bonds. The van der Waals surface area contributed by atoms with E-state index in [1.807, 2.05) is 12.3 Å². The van der Waals surface area contributed by atoms with Crippen LogP contribution in [0.15, 0.2) is 40.3 Å². The van der Waals surface area contributed by atoms with E-state index in [4.69, 9.17) is 0 Å². The molecule has 2 aromatic heterocycles. The number of aromatic hydroxyl groups is 1. The van der Waals surface area contributed by atoms with Crippen LogP contribution < -0.4 is 5.56 Å². The molecule has 19 heavy (non-hydrogen) atoms. The van der Waals surface area contributed by atoms with E-state index in [0.29, 0.717) is 10.7 Å². The molecule has 2 heterocycles. The van der Waals surface area contributed by atoms with Crippen LogP contribution in [0.5, 0.6) is 5.88 Å². The maximum absolute atomic E-state index is 12.0. The van der Waals surface area contributed by atoms with Gasteiger partial charge in [-0.25, -0.2) is 0 Å². The molecule has 1 aromatic carbocycles. The number of hydrogen-bond donors (Lipinski definition) is 2. The van der Waals surface area contributed by atoms with Gasteiger partial charge in [-0.15, -0.1) is 5.10 Å². The molecule has 0 atom stereocenters. The van der Waals surface area contributed by atoms with Crippen LogP contribution in [-0.4, -0.2) is 30.9 Å². The summed E-state index contributed by atoms with van der Waals surface area (Å²) in [6.45, 7) is 0. The van der Waals surface area contributed by atoms with Crippen LogP contribution in [0.3, 0.4) is 0 Å². The van der Waals surface area contributed by atoms with E-state index in [9.17, 15) is 9.90 Å². The molecule has 0 unspecified atom stereocenters. The maximum atomic E-state index is 12.0. The summed E-state index contributed by atoms with van der Waals surface area (Å²) in [6, 6.07) is 8.94. The molecule has 2 N–H and O–H groups in total. The van der Waals surface area contributed by atoms with Gasteiger partial charge in [-0.1, -0.05) is 42.1 Å². The van der Waals surface area contributed by atoms with Crippen LogP contribution in [0.1, 0.15) is 0 Å². The summed E-state index contributed by atoms with van der Waals surface area (Å²) < 4.78 is 1.23. The zero-order valence-electron chi connectivity index (χ0n) is 9.99. The van der Waals surface area contributed by atoms with E-state index in [-0.39, 0.29) is 17.2 Å². The molecule has 6 nitrogen and oxygen atoms in total. The van der Waals surface area contributed by atoms with Crippen molar-refractivity contribution < 1.29 is 5.11 Å². The summed E-state index contributed by atoms with van der Waals surface area (Å²) in [4.78, 5) is 18.7. The fourth-order valence-corrected chi connectivity index (χ4v) is 2.19. The molecule has 3 rings (SSSR count). The lowest BCUT2D eigenvalue weighted by atomic mass is 10.1. The van der Waals surface area contributed by atoms with Gasteiger partial charge in [0, 0.05) is 0 Å². The van der Waals surface area contributed by atoms with Gasteiger partial charge in [-0.3, -0.25) is 9.78 Å². The molecule has 0 saturated carbocycles. The van der Waals surface area contributed by atoms with Crippen molar-refractivity contribution in [2.24, 2.45) is 0 Å². The highest BCUT2D eigenvalue weighted by atomic mass is 32.2. The molecule has 0 radical (unpaired) electrons. The molecule has 7 heteroatoms. The van der Waals surface area contributed by atoms with Crippen molar-refractivity contribution in [3.05, 3.63) is 40.7 Å². The molecule has 0 aliphatic carbocycles. The van der Waals surface area contributed by atoms with Crippen LogP contribution in [0, 0.1) is 0 Å². The van der Waals surface area contributed by atoms with Gasteiger partial charge in [0.1, 0.15) is 5.56 Å². The quantitative estimate of drug-likeness (QED) is 0.692. The Morgan fingerprint density at radius 3 is 2.74 bits per heavy atom. The number of hydrogen-bond acceptors (Lipinski definition) is 5. The van der Waals surface area contributed by atoms with Crippen molar-refractivity contribution in [1.29, 1.82) is 0 Å². The van der Waals surface area contributed by atoms with E-state index < -0.39 is 5.56 Å². The van der Waals surface area contributed by atoms with Crippen molar-refractivity contribution in [2.75, 3.05) is 6.26 Å². The van der Waals surface area contributed by atoms with Gasteiger partial charge >= 0.3 is 0 Å². The number of benzene rings is 1. The van der Waals surface area contributed by atoms with Gasteiger partial charge in [0.15, 0.2) is 0 Å². The summed E-state index contributed by atoms with van der Waals surface area (Å²) in [5, 5.41) is 14.8. The molecular formula is C12H10N4O2S. The highest BCUT2D eigenvalue weighted by molar-refractivity contribution is 7.98. The molecule has 0 aliphatic rings. The van der Waals surface area contributed by atoms with Gasteiger partial charge < -0.3 is 5.11 Å². The van der Waals surface area contributed by atoms with Crippen LogP contribution in [0.4, 0.5) is 0 Å². The minimum atomic E-state index is -0.392. The summed E-state index contributed by atoms with van der Waals surface area (Å²) in [5.41, 5.74) is 0.422. The fourth-order valence-electron chi connectivity index (χ4n) is 1.84. The van der Waals surface area contributed by atoms with Crippen LogP contribution in [0.2, 0.25) is 0 Å². The first kappa shape index (κ1) is 11.8. The Labute approximate surface area is 112 Å². The van der Waals surface area contributed by atoms with Crippen LogP contribution in [-0.2, 0) is 0 Å².